The summed E-state index contributed by atoms with van der Waals surface area (Å²) >= 11 is 0. The molecule has 6 heteroatoms. The highest BCUT2D eigenvalue weighted by atomic mass is 16.5. The molecule has 0 saturated carbocycles. The number of fused-ring (bicyclic) bond motifs is 1. The van der Waals surface area contributed by atoms with Crippen molar-refractivity contribution in [1.29, 1.82) is 0 Å². The van der Waals surface area contributed by atoms with Gasteiger partial charge in [0.2, 0.25) is 0 Å². The van der Waals surface area contributed by atoms with Crippen molar-refractivity contribution in [1.82, 2.24) is 0 Å². The van der Waals surface area contributed by atoms with E-state index in [1.54, 1.807) is 18.2 Å². The van der Waals surface area contributed by atoms with Gasteiger partial charge in [0.1, 0.15) is 5.75 Å². The first-order chi connectivity index (χ1) is 12.7. The zero-order valence-corrected chi connectivity index (χ0v) is 15.0. The van der Waals surface area contributed by atoms with Crippen LogP contribution in [0.25, 0.3) is 0 Å². The second-order valence-electron chi connectivity index (χ2n) is 6.42. The maximum Gasteiger partial charge on any atom is 0.491 e. The highest BCUT2D eigenvalue weighted by Crippen LogP contribution is 2.16. The van der Waals surface area contributed by atoms with Gasteiger partial charge in [-0.2, -0.15) is 0 Å². The summed E-state index contributed by atoms with van der Waals surface area (Å²) in [6.07, 6.45) is 4.11. The Labute approximate surface area is 154 Å². The van der Waals surface area contributed by atoms with Crippen LogP contribution in [0.4, 0.5) is 5.69 Å². The molecule has 0 unspecified atom stereocenters. The quantitative estimate of drug-likeness (QED) is 0.593. The molecule has 0 aromatic heterocycles. The number of hydrogen-bond donors (Lipinski definition) is 2. The average Bonchev–Trinajstić information content (AvgIpc) is 2.66. The molecule has 2 aromatic rings. The lowest BCUT2D eigenvalue weighted by Crippen LogP contribution is -2.41. The predicted molar refractivity (Wildman–Crippen MR) is 103 cm³/mol. The van der Waals surface area contributed by atoms with Crippen LogP contribution in [0, 0.1) is 0 Å². The molecule has 1 heterocycles. The van der Waals surface area contributed by atoms with Crippen LogP contribution in [-0.2, 0) is 11.1 Å². The van der Waals surface area contributed by atoms with Crippen LogP contribution in [0.5, 0.6) is 5.75 Å². The molecule has 5 nitrogen and oxygen atoms in total. The van der Waals surface area contributed by atoms with Gasteiger partial charge < -0.3 is 19.7 Å². The normalized spacial score (nSPS) is 13.2. The van der Waals surface area contributed by atoms with Crippen LogP contribution in [-0.4, -0.2) is 31.3 Å². The van der Waals surface area contributed by atoms with Crippen LogP contribution in [0.1, 0.15) is 42.1 Å². The minimum Gasteiger partial charge on any atom is -0.494 e. The van der Waals surface area contributed by atoms with Crippen LogP contribution in [0.2, 0.25) is 0 Å². The molecular weight excluding hydrogens is 329 g/mol. The Balaban J connectivity index is 1.60. The lowest BCUT2D eigenvalue weighted by atomic mass is 9.73. The van der Waals surface area contributed by atoms with Gasteiger partial charge in [-0.1, -0.05) is 25.8 Å². The van der Waals surface area contributed by atoms with E-state index >= 15 is 0 Å². The van der Waals surface area contributed by atoms with Gasteiger partial charge in [0.05, 0.1) is 6.61 Å². The molecule has 0 saturated heterocycles. The summed E-state index contributed by atoms with van der Waals surface area (Å²) in [5.41, 5.74) is 2.95. The first kappa shape index (κ1) is 18.5. The summed E-state index contributed by atoms with van der Waals surface area (Å²) in [5, 5.41) is 12.8. The van der Waals surface area contributed by atoms with Crippen molar-refractivity contribution in [3.05, 3.63) is 53.6 Å². The predicted octanol–water partition coefficient (Wildman–Crippen LogP) is 2.77. The fourth-order valence-electron chi connectivity index (χ4n) is 2.95. The zero-order chi connectivity index (χ0) is 18.4. The highest BCUT2D eigenvalue weighted by Gasteiger charge is 2.25. The monoisotopic (exact) mass is 353 g/mol. The minimum atomic E-state index is -0.931. The van der Waals surface area contributed by atoms with E-state index < -0.39 is 7.12 Å². The third kappa shape index (κ3) is 4.65. The number of rotatable bonds is 7. The number of anilines is 1. The van der Waals surface area contributed by atoms with Crippen LogP contribution in [0.15, 0.2) is 42.5 Å². The van der Waals surface area contributed by atoms with E-state index in [2.05, 4.69) is 12.2 Å². The number of benzene rings is 2. The third-order valence-electron chi connectivity index (χ3n) is 4.45. The summed E-state index contributed by atoms with van der Waals surface area (Å²) < 4.78 is 10.9. The van der Waals surface area contributed by atoms with E-state index in [9.17, 15) is 9.82 Å². The molecule has 26 heavy (non-hydrogen) atoms. The molecule has 3 rings (SSSR count). The van der Waals surface area contributed by atoms with Crippen LogP contribution >= 0.6 is 0 Å². The van der Waals surface area contributed by atoms with Gasteiger partial charge in [0.25, 0.3) is 5.91 Å². The minimum absolute atomic E-state index is 0.200. The molecule has 1 aliphatic heterocycles. The van der Waals surface area contributed by atoms with E-state index in [0.29, 0.717) is 29.9 Å². The van der Waals surface area contributed by atoms with Gasteiger partial charge in [-0.3, -0.25) is 4.79 Å². The smallest absolute Gasteiger partial charge is 0.491 e. The van der Waals surface area contributed by atoms with Gasteiger partial charge in [-0.15, -0.1) is 0 Å². The Morgan fingerprint density at radius 1 is 1.23 bits per heavy atom. The van der Waals surface area contributed by atoms with Gasteiger partial charge in [0, 0.05) is 17.9 Å². The molecule has 0 fully saturated rings. The van der Waals surface area contributed by atoms with Gasteiger partial charge in [-0.25, -0.2) is 0 Å². The van der Waals surface area contributed by atoms with Crippen molar-refractivity contribution < 1.29 is 19.2 Å². The fourth-order valence-corrected chi connectivity index (χ4v) is 2.95. The van der Waals surface area contributed by atoms with Crippen molar-refractivity contribution in [3.63, 3.8) is 0 Å². The maximum absolute atomic E-state index is 12.4. The van der Waals surface area contributed by atoms with Gasteiger partial charge in [-0.05, 0) is 60.3 Å². The van der Waals surface area contributed by atoms with Crippen molar-refractivity contribution in [2.45, 2.75) is 32.6 Å². The van der Waals surface area contributed by atoms with Gasteiger partial charge in [0.15, 0.2) is 0 Å². The highest BCUT2D eigenvalue weighted by molar-refractivity contribution is 6.61. The van der Waals surface area contributed by atoms with E-state index in [1.165, 1.54) is 0 Å². The molecule has 2 N–H and O–H groups in total. The number of amides is 1. The summed E-state index contributed by atoms with van der Waals surface area (Å²) in [4.78, 5) is 12.4. The molecular formula is C20H24BNO4. The molecule has 0 aliphatic carbocycles. The number of carbonyl (C=O) groups is 1. The summed E-state index contributed by atoms with van der Waals surface area (Å²) in [6.45, 7) is 3.36. The number of nitrogens with one attached hydrogen (secondary N) is 1. The second-order valence-corrected chi connectivity index (χ2v) is 6.42. The van der Waals surface area contributed by atoms with E-state index in [-0.39, 0.29) is 5.91 Å². The second kappa shape index (κ2) is 8.87. The van der Waals surface area contributed by atoms with Crippen molar-refractivity contribution in [2.75, 3.05) is 18.5 Å². The molecule has 136 valence electrons. The Morgan fingerprint density at radius 3 is 2.81 bits per heavy atom. The van der Waals surface area contributed by atoms with E-state index in [4.69, 9.17) is 9.39 Å². The molecule has 1 amide bonds. The molecule has 0 bridgehead atoms. The lowest BCUT2D eigenvalue weighted by Gasteiger charge is -2.19. The number of unbranched alkanes of at least 4 members (excludes halogenated alkanes) is 2. The van der Waals surface area contributed by atoms with Crippen molar-refractivity contribution in [3.8, 4) is 5.75 Å². The molecule has 0 spiro atoms. The van der Waals surface area contributed by atoms with Gasteiger partial charge >= 0.3 is 7.12 Å². The standard InChI is InChI=1S/C20H24BNO4/c1-2-3-4-12-25-18-9-6-16(7-10-18)20(23)22-17-8-5-15-11-13-26-21(24)19(15)14-17/h5-10,14,24H,2-4,11-13H2,1H3,(H,22,23). The molecule has 0 atom stereocenters. The Bertz CT molecular complexity index is 748. The summed E-state index contributed by atoms with van der Waals surface area (Å²) in [6, 6.07) is 12.7. The Kier molecular flexibility index (Phi) is 6.31. The molecule has 2 aromatic carbocycles. The topological polar surface area (TPSA) is 67.8 Å². The summed E-state index contributed by atoms with van der Waals surface area (Å²) in [7, 11) is -0.931. The van der Waals surface area contributed by atoms with Crippen molar-refractivity contribution in [2.24, 2.45) is 0 Å². The molecule has 1 aliphatic rings. The van der Waals surface area contributed by atoms with E-state index in [1.807, 2.05) is 24.3 Å². The first-order valence-corrected chi connectivity index (χ1v) is 9.14. The fraction of sp³-hybridized carbons (Fsp3) is 0.350. The number of ether oxygens (including phenoxy) is 1. The van der Waals surface area contributed by atoms with Crippen molar-refractivity contribution >= 4 is 24.2 Å². The SMILES string of the molecule is CCCCCOc1ccc(C(=O)Nc2ccc3c(c2)B(O)OCC3)cc1. The van der Waals surface area contributed by atoms with Crippen LogP contribution in [0.3, 0.4) is 0 Å². The summed E-state index contributed by atoms with van der Waals surface area (Å²) in [5.74, 6) is 0.570. The van der Waals surface area contributed by atoms with E-state index in [0.717, 1.165) is 37.0 Å². The zero-order valence-electron chi connectivity index (χ0n) is 15.0. The largest absolute Gasteiger partial charge is 0.494 e. The van der Waals surface area contributed by atoms with Crippen LogP contribution < -0.4 is 15.5 Å². The maximum atomic E-state index is 12.4. The third-order valence-corrected chi connectivity index (χ3v) is 4.45. The lowest BCUT2D eigenvalue weighted by molar-refractivity contribution is 0.102. The first-order valence-electron chi connectivity index (χ1n) is 9.14. The Morgan fingerprint density at radius 2 is 2.04 bits per heavy atom. The Hall–Kier alpha value is -2.31. The number of hydrogen-bond acceptors (Lipinski definition) is 4. The average molecular weight is 353 g/mol. The molecule has 0 radical (unpaired) electrons. The number of carbonyl (C=O) groups excluding carboxylic acids is 1.